The molecule has 7 aromatic rings. The minimum absolute atomic E-state index is 0. The molecule has 7 rings (SSSR count). The van der Waals surface area contributed by atoms with E-state index in [1.165, 1.54) is 41.2 Å². The Labute approximate surface area is 444 Å². The zero-order valence-corrected chi connectivity index (χ0v) is 50.3. The van der Waals surface area contributed by atoms with E-state index in [-0.39, 0.29) is 15.3 Å². The van der Waals surface area contributed by atoms with E-state index in [1.807, 2.05) is 79.2 Å². The maximum Gasteiger partial charge on any atom is 0.488 e. The highest BCUT2D eigenvalue weighted by Gasteiger charge is 2.10. The van der Waals surface area contributed by atoms with Crippen LogP contribution in [0.3, 0.4) is 0 Å². The van der Waals surface area contributed by atoms with Crippen LogP contribution in [0.2, 0.25) is 0 Å². The van der Waals surface area contributed by atoms with E-state index in [4.69, 9.17) is 10.0 Å². The zero-order valence-electron chi connectivity index (χ0n) is 39.8. The first-order valence-corrected chi connectivity index (χ1v) is 29.9. The zero-order chi connectivity index (χ0) is 48.9. The van der Waals surface area contributed by atoms with E-state index in [0.717, 1.165) is 21.5 Å². The van der Waals surface area contributed by atoms with Crippen LogP contribution in [-0.2, 0) is 0 Å². The van der Waals surface area contributed by atoms with Gasteiger partial charge in [-0.15, -0.1) is 45.3 Å². The van der Waals surface area contributed by atoms with Gasteiger partial charge in [0.15, 0.2) is 3.92 Å². The molecular formula is C49H70BBr4N4O2PS4. The molecule has 0 amide bonds. The largest absolute Gasteiger partial charge is 0.488 e. The summed E-state index contributed by atoms with van der Waals surface area (Å²) in [5, 5.41) is 22.4. The lowest BCUT2D eigenvalue weighted by Gasteiger charge is -2.06. The number of hydrogen-bond donors (Lipinski definition) is 2. The van der Waals surface area contributed by atoms with Crippen LogP contribution in [-0.4, -0.2) is 50.4 Å². The standard InChI is InChI=1S/C14H18NPS.C12H12BrNS.C7H9BO2.C6H8BrNS.C3HBr2NS.3C2H6.CH4/c1-10(2)14-15-9-13(17-14)11-5-7-12(8-6-11)16(3)4;1-8(2)12-14-7-11(15-12)9-3-5-10(13)6-4-9;1-6-2-4-7(5-3-6)8(9)10;1-4(2)6-8-3-5(7)9-6;4-2-1-6-3(5)7-2;3*1-2;/h5-10H,1-4H3;3-8H,1-2H3;2-5,9-10H,1H3;3-4H,1-2H3;1H;3*1-2H3;1H4. The van der Waals surface area contributed by atoms with Crippen LogP contribution in [0.25, 0.3) is 20.9 Å². The van der Waals surface area contributed by atoms with Crippen molar-refractivity contribution in [2.24, 2.45) is 0 Å². The van der Waals surface area contributed by atoms with Gasteiger partial charge in [0.1, 0.15) is 0 Å². The molecule has 0 saturated heterocycles. The van der Waals surface area contributed by atoms with Crippen molar-refractivity contribution in [2.75, 3.05) is 13.3 Å². The summed E-state index contributed by atoms with van der Waals surface area (Å²) in [6.07, 6.45) is 7.56. The van der Waals surface area contributed by atoms with Crippen molar-refractivity contribution in [3.63, 3.8) is 0 Å². The number of aryl methyl sites for hydroxylation is 1. The predicted molar refractivity (Wildman–Crippen MR) is 313 cm³/mol. The summed E-state index contributed by atoms with van der Waals surface area (Å²) in [5.74, 6) is 1.59. The molecule has 0 aliphatic heterocycles. The number of aromatic nitrogens is 4. The molecule has 2 N–H and O–H groups in total. The van der Waals surface area contributed by atoms with Gasteiger partial charge in [0, 0.05) is 34.6 Å². The number of thiazole rings is 4. The fourth-order valence-corrected chi connectivity index (χ4v) is 10.7. The van der Waals surface area contributed by atoms with Gasteiger partial charge in [0.2, 0.25) is 0 Å². The first-order chi connectivity index (χ1) is 30.4. The number of hydrogen-bond acceptors (Lipinski definition) is 10. The lowest BCUT2D eigenvalue weighted by atomic mass is 9.80. The second-order valence-corrected chi connectivity index (χ2v) is 25.2. The molecule has 0 radical (unpaired) electrons. The van der Waals surface area contributed by atoms with E-state index in [9.17, 15) is 0 Å². The van der Waals surface area contributed by atoms with Crippen molar-refractivity contribution < 1.29 is 10.0 Å². The molecule has 0 aliphatic rings. The van der Waals surface area contributed by atoms with E-state index < -0.39 is 7.12 Å². The second kappa shape index (κ2) is 37.4. The van der Waals surface area contributed by atoms with Crippen molar-refractivity contribution in [2.45, 2.75) is 115 Å². The Kier molecular flexibility index (Phi) is 37.8. The summed E-state index contributed by atoms with van der Waals surface area (Å²) in [5.41, 5.74) is 4.17. The molecular weight excluding hydrogens is 1170 g/mol. The molecule has 3 aromatic carbocycles. The molecule has 358 valence electrons. The number of rotatable bonds is 7. The van der Waals surface area contributed by atoms with Crippen LogP contribution in [0.15, 0.2) is 114 Å². The summed E-state index contributed by atoms with van der Waals surface area (Å²) in [4.78, 5) is 19.5. The molecule has 0 aliphatic carbocycles. The fraction of sp³-hybridized carbons (Fsp3) is 0.388. The Morgan fingerprint density at radius 2 is 0.877 bits per heavy atom. The molecule has 4 heterocycles. The number of nitrogens with zero attached hydrogens (tertiary/aromatic N) is 4. The normalized spacial score (nSPS) is 9.74. The molecule has 65 heavy (non-hydrogen) atoms. The van der Waals surface area contributed by atoms with Gasteiger partial charge < -0.3 is 10.0 Å². The van der Waals surface area contributed by atoms with E-state index >= 15 is 0 Å². The van der Waals surface area contributed by atoms with Gasteiger partial charge in [0.05, 0.1) is 44.7 Å². The van der Waals surface area contributed by atoms with Crippen molar-refractivity contribution in [1.82, 2.24) is 19.9 Å². The van der Waals surface area contributed by atoms with Crippen molar-refractivity contribution in [3.8, 4) is 20.9 Å². The van der Waals surface area contributed by atoms with Crippen LogP contribution in [0.4, 0.5) is 0 Å². The Bertz CT molecular complexity index is 2190. The molecule has 0 saturated carbocycles. The quantitative estimate of drug-likeness (QED) is 0.122. The highest BCUT2D eigenvalue weighted by Crippen LogP contribution is 2.32. The van der Waals surface area contributed by atoms with Gasteiger partial charge in [-0.25, -0.2) is 19.9 Å². The summed E-state index contributed by atoms with van der Waals surface area (Å²) in [6.45, 7) is 31.5. The van der Waals surface area contributed by atoms with Gasteiger partial charge in [-0.3, -0.25) is 0 Å². The van der Waals surface area contributed by atoms with Crippen molar-refractivity contribution >= 4 is 135 Å². The van der Waals surface area contributed by atoms with E-state index in [0.29, 0.717) is 23.2 Å². The Balaban J connectivity index is 0. The van der Waals surface area contributed by atoms with Crippen LogP contribution in [0, 0.1) is 6.92 Å². The maximum atomic E-state index is 8.67. The van der Waals surface area contributed by atoms with Gasteiger partial charge in [0.25, 0.3) is 0 Å². The smallest absolute Gasteiger partial charge is 0.423 e. The summed E-state index contributed by atoms with van der Waals surface area (Å²) in [6, 6.07) is 24.3. The summed E-state index contributed by atoms with van der Waals surface area (Å²) in [7, 11) is -1.34. The Morgan fingerprint density at radius 3 is 1.15 bits per heavy atom. The minimum atomic E-state index is -1.35. The van der Waals surface area contributed by atoms with Crippen LogP contribution in [0.5, 0.6) is 0 Å². The van der Waals surface area contributed by atoms with E-state index in [1.54, 1.807) is 63.7 Å². The highest BCUT2D eigenvalue weighted by molar-refractivity contribution is 9.12. The number of halogens is 4. The molecule has 4 aromatic heterocycles. The monoisotopic (exact) mass is 1230 g/mol. The first kappa shape index (κ1) is 65.6. The highest BCUT2D eigenvalue weighted by atomic mass is 79.9. The fourth-order valence-electron chi connectivity index (χ4n) is 4.42. The Hall–Kier alpha value is -1.49. The third-order valence-electron chi connectivity index (χ3n) is 7.65. The van der Waals surface area contributed by atoms with E-state index in [2.05, 4.69) is 187 Å². The number of benzene rings is 3. The maximum absolute atomic E-state index is 8.67. The summed E-state index contributed by atoms with van der Waals surface area (Å²) < 4.78 is 4.20. The lowest BCUT2D eigenvalue weighted by molar-refractivity contribution is 0.426. The van der Waals surface area contributed by atoms with Crippen LogP contribution < -0.4 is 10.8 Å². The molecule has 16 heteroatoms. The van der Waals surface area contributed by atoms with Crippen LogP contribution >= 0.6 is 117 Å². The van der Waals surface area contributed by atoms with Gasteiger partial charge in [-0.05, 0) is 102 Å². The summed E-state index contributed by atoms with van der Waals surface area (Å²) >= 11 is 20.1. The Morgan fingerprint density at radius 1 is 0.508 bits per heavy atom. The lowest BCUT2D eigenvalue weighted by Crippen LogP contribution is -2.29. The second-order valence-electron chi connectivity index (χ2n) is 13.7. The molecule has 0 bridgehead atoms. The predicted octanol–water partition coefficient (Wildman–Crippen LogP) is 18.1. The van der Waals surface area contributed by atoms with Crippen molar-refractivity contribution in [3.05, 3.63) is 134 Å². The third-order valence-corrected chi connectivity index (χ3v) is 15.9. The average molecular weight is 1240 g/mol. The molecule has 0 fully saturated rings. The SMILES string of the molecule is Brc1cnc(Br)s1.C.CC.CC.CC.CC(C)c1ncc(-c2ccc(Br)cc2)s1.CC(C)c1ncc(-c2ccc(P(C)C)cc2)s1.CC(C)c1ncc(Br)s1.Cc1ccc(B(O)O)cc1. The van der Waals surface area contributed by atoms with Gasteiger partial charge in [-0.1, -0.05) is 181 Å². The minimum Gasteiger partial charge on any atom is -0.423 e. The molecule has 0 unspecified atom stereocenters. The third kappa shape index (κ3) is 26.7. The molecule has 0 atom stereocenters. The average Bonchev–Trinajstić information content (AvgIpc) is 4.14. The van der Waals surface area contributed by atoms with Crippen LogP contribution in [0.1, 0.15) is 129 Å². The first-order valence-electron chi connectivity index (χ1n) is 21.2. The van der Waals surface area contributed by atoms with Gasteiger partial charge in [-0.2, -0.15) is 0 Å². The topological polar surface area (TPSA) is 92.0 Å². The molecule has 6 nitrogen and oxygen atoms in total. The molecule has 0 spiro atoms. The van der Waals surface area contributed by atoms with Crippen molar-refractivity contribution in [1.29, 1.82) is 0 Å². The van der Waals surface area contributed by atoms with Gasteiger partial charge >= 0.3 is 7.12 Å².